The molecule has 0 spiro atoms. The van der Waals surface area contributed by atoms with Crippen molar-refractivity contribution < 1.29 is 18.1 Å². The number of nitro benzene ring substituents is 1. The van der Waals surface area contributed by atoms with E-state index >= 15 is 0 Å². The molecule has 2 aromatic carbocycles. The lowest BCUT2D eigenvalue weighted by Gasteiger charge is -2.36. The van der Waals surface area contributed by atoms with Crippen molar-refractivity contribution in [2.45, 2.75) is 17.9 Å². The van der Waals surface area contributed by atoms with E-state index in [0.717, 1.165) is 0 Å². The molecule has 1 heterocycles. The van der Waals surface area contributed by atoms with Gasteiger partial charge in [0, 0.05) is 49.0 Å². The van der Waals surface area contributed by atoms with Crippen LogP contribution in [0.1, 0.15) is 6.92 Å². The van der Waals surface area contributed by atoms with Crippen LogP contribution in [0.2, 0.25) is 5.02 Å². The summed E-state index contributed by atoms with van der Waals surface area (Å²) < 4.78 is 26.9. The fourth-order valence-electron chi connectivity index (χ4n) is 3.20. The van der Waals surface area contributed by atoms with Crippen LogP contribution in [-0.2, 0) is 14.8 Å². The van der Waals surface area contributed by atoms with E-state index in [9.17, 15) is 23.3 Å². The summed E-state index contributed by atoms with van der Waals surface area (Å²) in [6.07, 6.45) is 0. The summed E-state index contributed by atoms with van der Waals surface area (Å²) in [5.74, 6) is -0.315. The van der Waals surface area contributed by atoms with Gasteiger partial charge in [0.1, 0.15) is 0 Å². The number of halogens is 1. The third-order valence-electron chi connectivity index (χ3n) is 4.98. The van der Waals surface area contributed by atoms with Gasteiger partial charge in [0.05, 0.1) is 15.9 Å². The Morgan fingerprint density at radius 3 is 2.37 bits per heavy atom. The molecule has 1 aliphatic rings. The molecule has 2 aromatic rings. The van der Waals surface area contributed by atoms with E-state index in [1.807, 2.05) is 4.90 Å². The van der Waals surface area contributed by atoms with Gasteiger partial charge in [-0.1, -0.05) is 17.7 Å². The van der Waals surface area contributed by atoms with Crippen molar-refractivity contribution in [1.82, 2.24) is 9.21 Å². The zero-order chi connectivity index (χ0) is 21.9. The minimum atomic E-state index is -3.63. The van der Waals surface area contributed by atoms with Crippen LogP contribution in [0.4, 0.5) is 11.4 Å². The number of hydrogen-bond acceptors (Lipinski definition) is 6. The number of nitro groups is 1. The Morgan fingerprint density at radius 1 is 1.13 bits per heavy atom. The molecule has 1 amide bonds. The SMILES string of the molecule is C[C@H](C(=O)Nc1cccc([N+](=O)[O-])c1)N1CCN(S(=O)(=O)c2ccc(Cl)cc2)CC1. The van der Waals surface area contributed by atoms with Crippen molar-refractivity contribution in [3.8, 4) is 0 Å². The average molecular weight is 453 g/mol. The first-order chi connectivity index (χ1) is 14.2. The second-order valence-electron chi connectivity index (χ2n) is 6.87. The zero-order valence-corrected chi connectivity index (χ0v) is 17.8. The fourth-order valence-corrected chi connectivity index (χ4v) is 4.74. The maximum Gasteiger partial charge on any atom is 0.271 e. The Bertz CT molecular complexity index is 1040. The number of hydrogen-bond donors (Lipinski definition) is 1. The lowest BCUT2D eigenvalue weighted by Crippen LogP contribution is -2.53. The maximum absolute atomic E-state index is 12.8. The van der Waals surface area contributed by atoms with Gasteiger partial charge in [0.2, 0.25) is 15.9 Å². The van der Waals surface area contributed by atoms with Gasteiger partial charge in [-0.05, 0) is 37.3 Å². The van der Waals surface area contributed by atoms with E-state index in [2.05, 4.69) is 5.32 Å². The standard InChI is InChI=1S/C19H21ClN4O5S/c1-14(19(25)21-16-3-2-4-17(13-16)24(26)27)22-9-11-23(12-10-22)30(28,29)18-7-5-15(20)6-8-18/h2-8,13-14H,9-12H2,1H3,(H,21,25)/t14-/m1/s1. The van der Waals surface area contributed by atoms with Gasteiger partial charge >= 0.3 is 0 Å². The Hall–Kier alpha value is -2.53. The lowest BCUT2D eigenvalue weighted by molar-refractivity contribution is -0.384. The number of benzene rings is 2. The molecule has 1 aliphatic heterocycles. The van der Waals surface area contributed by atoms with Gasteiger partial charge in [0.15, 0.2) is 0 Å². The van der Waals surface area contributed by atoms with Gasteiger partial charge in [-0.3, -0.25) is 19.8 Å². The van der Waals surface area contributed by atoms with E-state index in [4.69, 9.17) is 11.6 Å². The predicted octanol–water partition coefficient (Wildman–Crippen LogP) is 2.58. The van der Waals surface area contributed by atoms with Crippen LogP contribution in [0, 0.1) is 10.1 Å². The second kappa shape index (κ2) is 9.09. The monoisotopic (exact) mass is 452 g/mol. The topological polar surface area (TPSA) is 113 Å². The lowest BCUT2D eigenvalue weighted by atomic mass is 10.2. The highest BCUT2D eigenvalue weighted by molar-refractivity contribution is 7.89. The fraction of sp³-hybridized carbons (Fsp3) is 0.316. The molecule has 1 atom stereocenters. The summed E-state index contributed by atoms with van der Waals surface area (Å²) in [5.41, 5.74) is 0.228. The van der Waals surface area contributed by atoms with E-state index < -0.39 is 21.0 Å². The number of carbonyl (C=O) groups is 1. The molecule has 9 nitrogen and oxygen atoms in total. The van der Waals surface area contributed by atoms with Gasteiger partial charge in [-0.15, -0.1) is 0 Å². The third kappa shape index (κ3) is 4.96. The smallest absolute Gasteiger partial charge is 0.271 e. The van der Waals surface area contributed by atoms with Crippen LogP contribution in [0.5, 0.6) is 0 Å². The van der Waals surface area contributed by atoms with E-state index in [1.54, 1.807) is 13.0 Å². The zero-order valence-electron chi connectivity index (χ0n) is 16.2. The molecule has 0 bridgehead atoms. The first-order valence-corrected chi connectivity index (χ1v) is 11.1. The van der Waals surface area contributed by atoms with Crippen LogP contribution in [0.25, 0.3) is 0 Å². The summed E-state index contributed by atoms with van der Waals surface area (Å²) >= 11 is 5.83. The number of amides is 1. The molecule has 1 saturated heterocycles. The number of piperazine rings is 1. The molecule has 30 heavy (non-hydrogen) atoms. The molecular formula is C19H21ClN4O5S. The molecule has 0 unspecified atom stereocenters. The van der Waals surface area contributed by atoms with Crippen LogP contribution in [-0.4, -0.2) is 60.7 Å². The van der Waals surface area contributed by atoms with Crippen molar-refractivity contribution in [3.63, 3.8) is 0 Å². The number of nitrogens with zero attached hydrogens (tertiary/aromatic N) is 3. The number of non-ortho nitro benzene ring substituents is 1. The molecule has 0 saturated carbocycles. The van der Waals surface area contributed by atoms with Crippen molar-refractivity contribution in [1.29, 1.82) is 0 Å². The molecule has 160 valence electrons. The molecule has 11 heteroatoms. The molecule has 1 fully saturated rings. The summed E-state index contributed by atoms with van der Waals surface area (Å²) in [6.45, 7) is 2.99. The first-order valence-electron chi connectivity index (χ1n) is 9.23. The maximum atomic E-state index is 12.8. The highest BCUT2D eigenvalue weighted by atomic mass is 35.5. The van der Waals surface area contributed by atoms with Crippen LogP contribution in [0.15, 0.2) is 53.4 Å². The van der Waals surface area contributed by atoms with Gasteiger partial charge in [-0.25, -0.2) is 8.42 Å². The molecule has 1 N–H and O–H groups in total. The molecule has 0 aliphatic carbocycles. The van der Waals surface area contributed by atoms with E-state index in [1.165, 1.54) is 46.8 Å². The number of carbonyl (C=O) groups excluding carboxylic acids is 1. The van der Waals surface area contributed by atoms with E-state index in [-0.39, 0.29) is 29.6 Å². The minimum absolute atomic E-state index is 0.110. The molecule has 0 aromatic heterocycles. The summed E-state index contributed by atoms with van der Waals surface area (Å²) in [5, 5.41) is 14.0. The van der Waals surface area contributed by atoms with E-state index in [0.29, 0.717) is 23.8 Å². The van der Waals surface area contributed by atoms with Gasteiger partial charge in [-0.2, -0.15) is 4.31 Å². The van der Waals surface area contributed by atoms with Crippen molar-refractivity contribution in [2.75, 3.05) is 31.5 Å². The Morgan fingerprint density at radius 2 is 1.77 bits per heavy atom. The molecular weight excluding hydrogens is 432 g/mol. The Labute approximate surface area is 179 Å². The summed E-state index contributed by atoms with van der Waals surface area (Å²) in [4.78, 5) is 25.0. The highest BCUT2D eigenvalue weighted by Crippen LogP contribution is 2.21. The molecule has 0 radical (unpaired) electrons. The van der Waals surface area contributed by atoms with Crippen LogP contribution < -0.4 is 5.32 Å². The average Bonchev–Trinajstić information content (AvgIpc) is 2.73. The quantitative estimate of drug-likeness (QED) is 0.532. The number of nitrogens with one attached hydrogen (secondary N) is 1. The van der Waals surface area contributed by atoms with Crippen LogP contribution >= 0.6 is 11.6 Å². The largest absolute Gasteiger partial charge is 0.324 e. The number of sulfonamides is 1. The van der Waals surface area contributed by atoms with Gasteiger partial charge < -0.3 is 5.32 Å². The Balaban J connectivity index is 1.60. The minimum Gasteiger partial charge on any atom is -0.324 e. The summed E-state index contributed by atoms with van der Waals surface area (Å²) in [6, 6.07) is 11.2. The van der Waals surface area contributed by atoms with Crippen molar-refractivity contribution in [2.24, 2.45) is 0 Å². The highest BCUT2D eigenvalue weighted by Gasteiger charge is 2.31. The summed E-state index contributed by atoms with van der Waals surface area (Å²) in [7, 11) is -3.63. The second-order valence-corrected chi connectivity index (χ2v) is 9.24. The van der Waals surface area contributed by atoms with Crippen LogP contribution in [0.3, 0.4) is 0 Å². The Kier molecular flexibility index (Phi) is 6.71. The van der Waals surface area contributed by atoms with Crippen molar-refractivity contribution in [3.05, 3.63) is 63.7 Å². The van der Waals surface area contributed by atoms with Crippen molar-refractivity contribution >= 4 is 38.9 Å². The third-order valence-corrected chi connectivity index (χ3v) is 7.14. The predicted molar refractivity (Wildman–Crippen MR) is 113 cm³/mol. The normalized spacial score (nSPS) is 16.7. The first kappa shape index (κ1) is 22.2. The number of anilines is 1. The number of rotatable bonds is 6. The van der Waals surface area contributed by atoms with Gasteiger partial charge in [0.25, 0.3) is 5.69 Å². The molecule has 3 rings (SSSR count).